The van der Waals surface area contributed by atoms with E-state index in [2.05, 4.69) is 10.6 Å². The topological polar surface area (TPSA) is 70.7 Å². The van der Waals surface area contributed by atoms with Crippen molar-refractivity contribution in [2.45, 2.75) is 32.9 Å². The first kappa shape index (κ1) is 14.9. The minimum atomic E-state index is -0.364. The second kappa shape index (κ2) is 7.33. The second-order valence-electron chi connectivity index (χ2n) is 4.76. The molecule has 1 atom stereocenters. The van der Waals surface area contributed by atoms with Gasteiger partial charge in [-0.1, -0.05) is 0 Å². The Balaban J connectivity index is 2.26. The van der Waals surface area contributed by atoms with E-state index in [-0.39, 0.29) is 30.4 Å². The van der Waals surface area contributed by atoms with Gasteiger partial charge < -0.3 is 15.0 Å². The monoisotopic (exact) mass is 257 g/mol. The molecule has 6 heteroatoms. The number of amides is 2. The second-order valence-corrected chi connectivity index (χ2v) is 4.76. The van der Waals surface area contributed by atoms with Gasteiger partial charge in [0.1, 0.15) is 0 Å². The molecule has 1 rings (SSSR count). The summed E-state index contributed by atoms with van der Waals surface area (Å²) in [4.78, 5) is 25.2. The summed E-state index contributed by atoms with van der Waals surface area (Å²) in [6.07, 6.45) is 0. The minimum Gasteiger partial charge on any atom is -0.378 e. The Morgan fingerprint density at radius 1 is 1.22 bits per heavy atom. The van der Waals surface area contributed by atoms with Crippen LogP contribution in [0.5, 0.6) is 0 Å². The summed E-state index contributed by atoms with van der Waals surface area (Å²) >= 11 is 0. The predicted molar refractivity (Wildman–Crippen MR) is 68.1 cm³/mol. The molecule has 0 aliphatic carbocycles. The highest BCUT2D eigenvalue weighted by Gasteiger charge is 2.19. The largest absolute Gasteiger partial charge is 0.378 e. The van der Waals surface area contributed by atoms with Gasteiger partial charge in [0, 0.05) is 19.1 Å². The molecule has 1 saturated heterocycles. The molecule has 2 amide bonds. The van der Waals surface area contributed by atoms with Gasteiger partial charge in [0.15, 0.2) is 0 Å². The minimum absolute atomic E-state index is 0.0162. The van der Waals surface area contributed by atoms with Crippen LogP contribution in [0.2, 0.25) is 0 Å². The van der Waals surface area contributed by atoms with E-state index < -0.39 is 0 Å². The predicted octanol–water partition coefficient (Wildman–Crippen LogP) is -0.652. The maximum absolute atomic E-state index is 11.8. The molecule has 18 heavy (non-hydrogen) atoms. The third kappa shape index (κ3) is 5.01. The van der Waals surface area contributed by atoms with Crippen LogP contribution in [0, 0.1) is 0 Å². The number of nitrogens with one attached hydrogen (secondary N) is 2. The van der Waals surface area contributed by atoms with Crippen molar-refractivity contribution in [2.75, 3.05) is 32.8 Å². The average Bonchev–Trinajstić information content (AvgIpc) is 2.35. The van der Waals surface area contributed by atoms with Crippen LogP contribution in [-0.4, -0.2) is 61.6 Å². The Morgan fingerprint density at radius 3 is 2.39 bits per heavy atom. The van der Waals surface area contributed by atoms with Crippen molar-refractivity contribution in [3.8, 4) is 0 Å². The molecule has 0 saturated carbocycles. The SMILES string of the molecule is CC(C)NC(=O)C(C)NCC(=O)N1CCOCC1. The highest BCUT2D eigenvalue weighted by molar-refractivity contribution is 5.83. The first-order valence-corrected chi connectivity index (χ1v) is 6.40. The third-order valence-corrected chi connectivity index (χ3v) is 2.75. The molecule has 1 fully saturated rings. The maximum atomic E-state index is 11.8. The lowest BCUT2D eigenvalue weighted by molar-refractivity contribution is -0.134. The molecule has 2 N–H and O–H groups in total. The number of carbonyl (C=O) groups is 2. The molecule has 0 aromatic rings. The molecule has 1 aliphatic rings. The van der Waals surface area contributed by atoms with Gasteiger partial charge >= 0.3 is 0 Å². The molecule has 1 aliphatic heterocycles. The van der Waals surface area contributed by atoms with Crippen molar-refractivity contribution < 1.29 is 14.3 Å². The maximum Gasteiger partial charge on any atom is 0.237 e. The summed E-state index contributed by atoms with van der Waals surface area (Å²) in [5, 5.41) is 5.74. The fourth-order valence-electron chi connectivity index (χ4n) is 1.67. The fourth-order valence-corrected chi connectivity index (χ4v) is 1.67. The molecule has 104 valence electrons. The molecular weight excluding hydrogens is 234 g/mol. The summed E-state index contributed by atoms with van der Waals surface area (Å²) in [6, 6.07) is -0.255. The van der Waals surface area contributed by atoms with E-state index in [0.717, 1.165) is 0 Å². The van der Waals surface area contributed by atoms with Crippen LogP contribution in [0.4, 0.5) is 0 Å². The normalized spacial score (nSPS) is 17.7. The third-order valence-electron chi connectivity index (χ3n) is 2.75. The van der Waals surface area contributed by atoms with E-state index in [1.165, 1.54) is 0 Å². The van der Waals surface area contributed by atoms with Crippen molar-refractivity contribution in [3.63, 3.8) is 0 Å². The van der Waals surface area contributed by atoms with Crippen molar-refractivity contribution in [2.24, 2.45) is 0 Å². The Hall–Kier alpha value is -1.14. The van der Waals surface area contributed by atoms with E-state index in [1.807, 2.05) is 13.8 Å². The molecule has 0 aromatic heterocycles. The first-order chi connectivity index (χ1) is 8.50. The molecule has 1 heterocycles. The van der Waals surface area contributed by atoms with E-state index >= 15 is 0 Å². The van der Waals surface area contributed by atoms with E-state index in [0.29, 0.717) is 26.3 Å². The van der Waals surface area contributed by atoms with Crippen LogP contribution < -0.4 is 10.6 Å². The number of hydrogen-bond acceptors (Lipinski definition) is 4. The number of ether oxygens (including phenoxy) is 1. The van der Waals surface area contributed by atoms with Crippen LogP contribution in [0.3, 0.4) is 0 Å². The van der Waals surface area contributed by atoms with Gasteiger partial charge in [-0.05, 0) is 20.8 Å². The van der Waals surface area contributed by atoms with E-state index in [1.54, 1.807) is 11.8 Å². The highest BCUT2D eigenvalue weighted by atomic mass is 16.5. The van der Waals surface area contributed by atoms with E-state index in [4.69, 9.17) is 4.74 Å². The van der Waals surface area contributed by atoms with Crippen molar-refractivity contribution >= 4 is 11.8 Å². The molecule has 0 radical (unpaired) electrons. The summed E-state index contributed by atoms with van der Waals surface area (Å²) in [6.45, 7) is 8.20. The first-order valence-electron chi connectivity index (χ1n) is 6.40. The van der Waals surface area contributed by atoms with Crippen LogP contribution in [-0.2, 0) is 14.3 Å². The lowest BCUT2D eigenvalue weighted by atomic mass is 10.2. The molecule has 0 spiro atoms. The number of hydrogen-bond donors (Lipinski definition) is 2. The van der Waals surface area contributed by atoms with Crippen LogP contribution in [0.25, 0.3) is 0 Å². The zero-order chi connectivity index (χ0) is 13.5. The standard InChI is InChI=1S/C12H23N3O3/c1-9(2)14-12(17)10(3)13-8-11(16)15-4-6-18-7-5-15/h9-10,13H,4-8H2,1-3H3,(H,14,17). The van der Waals surface area contributed by atoms with Gasteiger partial charge in [-0.3, -0.25) is 14.9 Å². The lowest BCUT2D eigenvalue weighted by Crippen LogP contribution is -2.50. The summed E-state index contributed by atoms with van der Waals surface area (Å²) in [5.41, 5.74) is 0. The number of rotatable bonds is 5. The van der Waals surface area contributed by atoms with E-state index in [9.17, 15) is 9.59 Å². The molecule has 0 aromatic carbocycles. The van der Waals surface area contributed by atoms with Gasteiger partial charge in [-0.15, -0.1) is 0 Å². The lowest BCUT2D eigenvalue weighted by Gasteiger charge is -2.27. The quantitative estimate of drug-likeness (QED) is 0.686. The summed E-state index contributed by atoms with van der Waals surface area (Å²) < 4.78 is 5.18. The fraction of sp³-hybridized carbons (Fsp3) is 0.833. The van der Waals surface area contributed by atoms with Gasteiger partial charge in [-0.2, -0.15) is 0 Å². The Labute approximate surface area is 108 Å². The number of morpholine rings is 1. The molecule has 0 bridgehead atoms. The van der Waals surface area contributed by atoms with Crippen molar-refractivity contribution in [3.05, 3.63) is 0 Å². The highest BCUT2D eigenvalue weighted by Crippen LogP contribution is 1.97. The number of nitrogens with zero attached hydrogens (tertiary/aromatic N) is 1. The van der Waals surface area contributed by atoms with Crippen molar-refractivity contribution in [1.29, 1.82) is 0 Å². The average molecular weight is 257 g/mol. The smallest absolute Gasteiger partial charge is 0.237 e. The van der Waals surface area contributed by atoms with Gasteiger partial charge in [0.25, 0.3) is 0 Å². The van der Waals surface area contributed by atoms with Crippen LogP contribution in [0.15, 0.2) is 0 Å². The van der Waals surface area contributed by atoms with Crippen LogP contribution >= 0.6 is 0 Å². The van der Waals surface area contributed by atoms with Gasteiger partial charge in [0.05, 0.1) is 25.8 Å². The molecule has 1 unspecified atom stereocenters. The van der Waals surface area contributed by atoms with Gasteiger partial charge in [0.2, 0.25) is 11.8 Å². The zero-order valence-corrected chi connectivity index (χ0v) is 11.4. The Morgan fingerprint density at radius 2 is 1.83 bits per heavy atom. The van der Waals surface area contributed by atoms with Crippen molar-refractivity contribution in [1.82, 2.24) is 15.5 Å². The van der Waals surface area contributed by atoms with Crippen LogP contribution in [0.1, 0.15) is 20.8 Å². The Bertz CT molecular complexity index is 288. The molecular formula is C12H23N3O3. The number of carbonyl (C=O) groups excluding carboxylic acids is 2. The Kier molecular flexibility index (Phi) is 6.07. The van der Waals surface area contributed by atoms with Gasteiger partial charge in [-0.25, -0.2) is 0 Å². The molecule has 6 nitrogen and oxygen atoms in total. The summed E-state index contributed by atoms with van der Waals surface area (Å²) in [5.74, 6) is -0.0673. The zero-order valence-electron chi connectivity index (χ0n) is 11.4. The summed E-state index contributed by atoms with van der Waals surface area (Å²) in [7, 11) is 0.